The summed E-state index contributed by atoms with van der Waals surface area (Å²) in [6.07, 6.45) is 1.65. The lowest BCUT2D eigenvalue weighted by atomic mass is 10.0. The van der Waals surface area contributed by atoms with Gasteiger partial charge in [-0.2, -0.15) is 0 Å². The summed E-state index contributed by atoms with van der Waals surface area (Å²) in [5.41, 5.74) is 1.72. The van der Waals surface area contributed by atoms with Crippen LogP contribution >= 0.6 is 0 Å². The number of carbonyl (C=O) groups excluding carboxylic acids is 1. The Labute approximate surface area is 136 Å². The van der Waals surface area contributed by atoms with Crippen molar-refractivity contribution in [3.8, 4) is 5.75 Å². The van der Waals surface area contributed by atoms with Crippen molar-refractivity contribution < 1.29 is 19.4 Å². The molecule has 1 saturated heterocycles. The van der Waals surface area contributed by atoms with E-state index in [4.69, 9.17) is 9.47 Å². The van der Waals surface area contributed by atoms with Crippen LogP contribution in [0.15, 0.2) is 35.6 Å². The van der Waals surface area contributed by atoms with E-state index in [9.17, 15) is 9.90 Å². The van der Waals surface area contributed by atoms with Gasteiger partial charge in [0.25, 0.3) is 5.91 Å². The van der Waals surface area contributed by atoms with E-state index in [1.54, 1.807) is 12.0 Å². The topological polar surface area (TPSA) is 59.0 Å². The van der Waals surface area contributed by atoms with Gasteiger partial charge in [-0.15, -0.1) is 0 Å². The normalized spacial score (nSPS) is 24.6. The molecule has 1 aromatic carbocycles. The minimum atomic E-state index is -0.499. The first-order valence-electron chi connectivity index (χ1n) is 8.05. The smallest absolute Gasteiger partial charge is 0.253 e. The molecule has 1 N–H and O–H groups in total. The molecule has 2 aliphatic rings. The average molecular weight is 317 g/mol. The molecule has 1 amide bonds. The second-order valence-electron chi connectivity index (χ2n) is 6.13. The second kappa shape index (κ2) is 6.62. The molecule has 0 aliphatic carbocycles. The molecule has 1 aromatic rings. The molecule has 5 nitrogen and oxygen atoms in total. The predicted octanol–water partition coefficient (Wildman–Crippen LogP) is 2.41. The molecular weight excluding hydrogens is 294 g/mol. The van der Waals surface area contributed by atoms with E-state index < -0.39 is 6.10 Å². The van der Waals surface area contributed by atoms with E-state index in [1.165, 1.54) is 0 Å². The summed E-state index contributed by atoms with van der Waals surface area (Å²) in [4.78, 5) is 14.7. The maximum absolute atomic E-state index is 12.9. The zero-order chi connectivity index (χ0) is 16.4. The van der Waals surface area contributed by atoms with Gasteiger partial charge in [0.05, 0.1) is 31.4 Å². The summed E-state index contributed by atoms with van der Waals surface area (Å²) in [6, 6.07) is 7.57. The SMILES string of the molecule is COc1cccc(C2CC(O)CN2C(=O)C2=C(C)OCCC2)c1. The molecule has 2 atom stereocenters. The van der Waals surface area contributed by atoms with Gasteiger partial charge in [-0.05, 0) is 43.9 Å². The third kappa shape index (κ3) is 3.20. The summed E-state index contributed by atoms with van der Waals surface area (Å²) in [7, 11) is 1.62. The van der Waals surface area contributed by atoms with Gasteiger partial charge in [0, 0.05) is 6.54 Å². The maximum Gasteiger partial charge on any atom is 0.253 e. The van der Waals surface area contributed by atoms with Crippen molar-refractivity contribution in [2.24, 2.45) is 0 Å². The summed E-state index contributed by atoms with van der Waals surface area (Å²) < 4.78 is 10.8. The predicted molar refractivity (Wildman–Crippen MR) is 86.0 cm³/mol. The largest absolute Gasteiger partial charge is 0.498 e. The van der Waals surface area contributed by atoms with E-state index in [1.807, 2.05) is 31.2 Å². The lowest BCUT2D eigenvalue weighted by molar-refractivity contribution is -0.129. The van der Waals surface area contributed by atoms with Gasteiger partial charge in [0.2, 0.25) is 0 Å². The number of aliphatic hydroxyl groups excluding tert-OH is 1. The van der Waals surface area contributed by atoms with Crippen molar-refractivity contribution in [2.45, 2.75) is 38.3 Å². The van der Waals surface area contributed by atoms with Crippen LogP contribution in [0.3, 0.4) is 0 Å². The Morgan fingerprint density at radius 1 is 1.43 bits per heavy atom. The number of ether oxygens (including phenoxy) is 2. The van der Waals surface area contributed by atoms with Crippen LogP contribution in [0.5, 0.6) is 5.75 Å². The number of methoxy groups -OCH3 is 1. The van der Waals surface area contributed by atoms with Crippen LogP contribution in [0, 0.1) is 0 Å². The Hall–Kier alpha value is -2.01. The Bertz CT molecular complexity index is 625. The number of rotatable bonds is 3. The van der Waals surface area contributed by atoms with Crippen molar-refractivity contribution in [1.82, 2.24) is 4.90 Å². The van der Waals surface area contributed by atoms with Gasteiger partial charge in [-0.25, -0.2) is 0 Å². The number of hydrogen-bond donors (Lipinski definition) is 1. The van der Waals surface area contributed by atoms with Crippen LogP contribution in [0.25, 0.3) is 0 Å². The molecule has 0 radical (unpaired) electrons. The highest BCUT2D eigenvalue weighted by Crippen LogP contribution is 2.36. The van der Waals surface area contributed by atoms with Gasteiger partial charge in [-0.3, -0.25) is 4.79 Å². The zero-order valence-corrected chi connectivity index (χ0v) is 13.6. The average Bonchev–Trinajstić information content (AvgIpc) is 2.96. The minimum absolute atomic E-state index is 0.0217. The summed E-state index contributed by atoms with van der Waals surface area (Å²) >= 11 is 0. The molecule has 23 heavy (non-hydrogen) atoms. The van der Waals surface area contributed by atoms with Crippen LogP contribution in [0.2, 0.25) is 0 Å². The molecule has 1 fully saturated rings. The number of β-amino-alcohol motifs (C(OH)–C–C–N with tert-alkyl or cyclic N) is 1. The van der Waals surface area contributed by atoms with E-state index >= 15 is 0 Å². The van der Waals surface area contributed by atoms with E-state index in [2.05, 4.69) is 0 Å². The van der Waals surface area contributed by atoms with Crippen molar-refractivity contribution in [1.29, 1.82) is 0 Å². The van der Waals surface area contributed by atoms with E-state index in [0.717, 1.165) is 29.7 Å². The van der Waals surface area contributed by atoms with Gasteiger partial charge in [0.15, 0.2) is 0 Å². The van der Waals surface area contributed by atoms with Crippen LogP contribution < -0.4 is 4.74 Å². The van der Waals surface area contributed by atoms with Gasteiger partial charge >= 0.3 is 0 Å². The first kappa shape index (κ1) is 15.9. The van der Waals surface area contributed by atoms with Crippen LogP contribution in [-0.4, -0.2) is 42.3 Å². The highest BCUT2D eigenvalue weighted by atomic mass is 16.5. The Morgan fingerprint density at radius 3 is 3.00 bits per heavy atom. The third-order valence-corrected chi connectivity index (χ3v) is 4.59. The Morgan fingerprint density at radius 2 is 2.26 bits per heavy atom. The van der Waals surface area contributed by atoms with Crippen molar-refractivity contribution in [2.75, 3.05) is 20.3 Å². The fourth-order valence-corrected chi connectivity index (χ4v) is 3.37. The first-order valence-corrected chi connectivity index (χ1v) is 8.05. The number of nitrogens with zero attached hydrogens (tertiary/aromatic N) is 1. The minimum Gasteiger partial charge on any atom is -0.498 e. The van der Waals surface area contributed by atoms with Gasteiger partial charge in [-0.1, -0.05) is 12.1 Å². The molecule has 0 spiro atoms. The lowest BCUT2D eigenvalue weighted by Crippen LogP contribution is -2.34. The standard InChI is InChI=1S/C18H23NO4/c1-12-16(7-4-8-23-12)18(21)19-11-14(20)10-17(19)13-5-3-6-15(9-13)22-2/h3,5-6,9,14,17,20H,4,7-8,10-11H2,1-2H3. The summed E-state index contributed by atoms with van der Waals surface area (Å²) in [5, 5.41) is 10.1. The van der Waals surface area contributed by atoms with Crippen molar-refractivity contribution >= 4 is 5.91 Å². The van der Waals surface area contributed by atoms with E-state index in [-0.39, 0.29) is 11.9 Å². The third-order valence-electron chi connectivity index (χ3n) is 4.59. The molecule has 0 aromatic heterocycles. The van der Waals surface area contributed by atoms with Crippen LogP contribution in [0.1, 0.15) is 37.8 Å². The fourth-order valence-electron chi connectivity index (χ4n) is 3.37. The molecule has 2 heterocycles. The molecule has 3 rings (SSSR count). The monoisotopic (exact) mass is 317 g/mol. The molecule has 0 bridgehead atoms. The number of aliphatic hydroxyl groups is 1. The maximum atomic E-state index is 12.9. The van der Waals surface area contributed by atoms with Crippen LogP contribution in [0.4, 0.5) is 0 Å². The number of benzene rings is 1. The number of carbonyl (C=O) groups is 1. The molecule has 0 saturated carbocycles. The quantitative estimate of drug-likeness (QED) is 0.930. The number of allylic oxidation sites excluding steroid dienone is 1. The molecule has 124 valence electrons. The van der Waals surface area contributed by atoms with Crippen LogP contribution in [-0.2, 0) is 9.53 Å². The highest BCUT2D eigenvalue weighted by Gasteiger charge is 2.37. The second-order valence-corrected chi connectivity index (χ2v) is 6.13. The molecule has 5 heteroatoms. The molecular formula is C18H23NO4. The van der Waals surface area contributed by atoms with Gasteiger partial charge < -0.3 is 19.5 Å². The van der Waals surface area contributed by atoms with Gasteiger partial charge in [0.1, 0.15) is 11.5 Å². The Balaban J connectivity index is 1.89. The number of amides is 1. The molecule has 2 unspecified atom stereocenters. The summed E-state index contributed by atoms with van der Waals surface area (Å²) in [5.74, 6) is 1.45. The van der Waals surface area contributed by atoms with Crippen molar-refractivity contribution in [3.63, 3.8) is 0 Å². The Kier molecular flexibility index (Phi) is 4.57. The highest BCUT2D eigenvalue weighted by molar-refractivity contribution is 5.94. The number of likely N-dealkylation sites (tertiary alicyclic amines) is 1. The lowest BCUT2D eigenvalue weighted by Gasteiger charge is -2.28. The van der Waals surface area contributed by atoms with E-state index in [0.29, 0.717) is 25.3 Å². The van der Waals surface area contributed by atoms with Crippen molar-refractivity contribution in [3.05, 3.63) is 41.2 Å². The fraction of sp³-hybridized carbons (Fsp3) is 0.500. The first-order chi connectivity index (χ1) is 11.1. The molecule has 2 aliphatic heterocycles. The zero-order valence-electron chi connectivity index (χ0n) is 13.6. The summed E-state index contributed by atoms with van der Waals surface area (Å²) in [6.45, 7) is 2.88. The number of hydrogen-bond acceptors (Lipinski definition) is 4.